The Kier molecular flexibility index (Phi) is 5.57. The van der Waals surface area contributed by atoms with Gasteiger partial charge in [0, 0.05) is 6.54 Å². The van der Waals surface area contributed by atoms with Gasteiger partial charge in [-0.3, -0.25) is 9.69 Å². The lowest BCUT2D eigenvalue weighted by Gasteiger charge is -2.38. The largest absolute Gasteiger partial charge is 0.460 e. The number of hydrogen-bond acceptors (Lipinski definition) is 3. The average Bonchev–Trinajstić information content (AvgIpc) is 3.67. The monoisotopic (exact) mass is 419 g/mol. The van der Waals surface area contributed by atoms with Gasteiger partial charge in [-0.05, 0) is 22.3 Å². The lowest BCUT2D eigenvalue weighted by molar-refractivity contribution is -0.145. The Morgan fingerprint density at radius 1 is 0.688 bits per heavy atom. The van der Waals surface area contributed by atoms with E-state index in [2.05, 4.69) is 77.7 Å². The van der Waals surface area contributed by atoms with Gasteiger partial charge < -0.3 is 4.74 Å². The van der Waals surface area contributed by atoms with E-state index in [1.807, 2.05) is 48.5 Å². The highest BCUT2D eigenvalue weighted by atomic mass is 16.5. The van der Waals surface area contributed by atoms with Crippen LogP contribution in [0.15, 0.2) is 121 Å². The average molecular weight is 420 g/mol. The topological polar surface area (TPSA) is 29.3 Å². The Balaban J connectivity index is 1.53. The standard InChI is InChI=1S/C29H25NO2/c31-28(32-22-23-13-5-1-6-14-23)27-21-30(27)29(24-15-7-2-8-16-24,25-17-9-3-10-18-25)26-19-11-4-12-20-26/h1-20,27H,21-22H2/t27-,30?/m0/s1. The van der Waals surface area contributed by atoms with Crippen molar-refractivity contribution in [2.75, 3.05) is 6.54 Å². The Morgan fingerprint density at radius 3 is 1.53 bits per heavy atom. The fraction of sp³-hybridized carbons (Fsp3) is 0.138. The number of esters is 1. The molecule has 32 heavy (non-hydrogen) atoms. The molecule has 0 aliphatic carbocycles. The highest BCUT2D eigenvalue weighted by Crippen LogP contribution is 2.48. The molecular weight excluding hydrogens is 394 g/mol. The Labute approximate surface area is 188 Å². The minimum Gasteiger partial charge on any atom is -0.460 e. The molecule has 5 rings (SSSR count). The predicted molar refractivity (Wildman–Crippen MR) is 126 cm³/mol. The molecule has 0 N–H and O–H groups in total. The summed E-state index contributed by atoms with van der Waals surface area (Å²) in [4.78, 5) is 15.3. The van der Waals surface area contributed by atoms with Gasteiger partial charge >= 0.3 is 5.97 Å². The van der Waals surface area contributed by atoms with Crippen molar-refractivity contribution in [3.63, 3.8) is 0 Å². The van der Waals surface area contributed by atoms with E-state index in [0.29, 0.717) is 13.2 Å². The van der Waals surface area contributed by atoms with Gasteiger partial charge in [0.25, 0.3) is 0 Å². The van der Waals surface area contributed by atoms with Crippen molar-refractivity contribution in [3.05, 3.63) is 144 Å². The van der Waals surface area contributed by atoms with Gasteiger partial charge in [-0.25, -0.2) is 0 Å². The first-order valence-electron chi connectivity index (χ1n) is 10.9. The van der Waals surface area contributed by atoms with Crippen LogP contribution in [-0.2, 0) is 21.7 Å². The summed E-state index contributed by atoms with van der Waals surface area (Å²) in [6.45, 7) is 0.936. The molecule has 3 heteroatoms. The maximum Gasteiger partial charge on any atom is 0.325 e. The molecule has 4 aromatic rings. The third-order valence-corrected chi connectivity index (χ3v) is 6.11. The quantitative estimate of drug-likeness (QED) is 0.228. The summed E-state index contributed by atoms with van der Waals surface area (Å²) in [6.07, 6.45) is 0. The van der Waals surface area contributed by atoms with Gasteiger partial charge in [0.15, 0.2) is 0 Å². The molecular formula is C29H25NO2. The molecule has 0 spiro atoms. The molecule has 0 bridgehead atoms. The lowest BCUT2D eigenvalue weighted by atomic mass is 9.76. The molecule has 158 valence electrons. The van der Waals surface area contributed by atoms with E-state index in [1.165, 1.54) is 0 Å². The fourth-order valence-electron chi connectivity index (χ4n) is 4.57. The summed E-state index contributed by atoms with van der Waals surface area (Å²) >= 11 is 0. The first-order chi connectivity index (χ1) is 15.8. The fourth-order valence-corrected chi connectivity index (χ4v) is 4.57. The maximum atomic E-state index is 13.1. The van der Waals surface area contributed by atoms with Gasteiger partial charge in [0.2, 0.25) is 0 Å². The van der Waals surface area contributed by atoms with Crippen LogP contribution in [0, 0.1) is 0 Å². The van der Waals surface area contributed by atoms with Crippen molar-refractivity contribution in [3.8, 4) is 0 Å². The first kappa shape index (κ1) is 20.2. The summed E-state index contributed by atoms with van der Waals surface area (Å²) in [6, 6.07) is 40.8. The van der Waals surface area contributed by atoms with Crippen LogP contribution in [-0.4, -0.2) is 23.5 Å². The van der Waals surface area contributed by atoms with Crippen molar-refractivity contribution in [1.82, 2.24) is 4.90 Å². The second-order valence-corrected chi connectivity index (χ2v) is 8.07. The van der Waals surface area contributed by atoms with Crippen LogP contribution in [0.25, 0.3) is 0 Å². The normalized spacial score (nSPS) is 17.5. The number of rotatable bonds is 7. The third kappa shape index (κ3) is 3.72. The Bertz CT molecular complexity index is 1060. The van der Waals surface area contributed by atoms with Crippen LogP contribution in [0.3, 0.4) is 0 Å². The van der Waals surface area contributed by atoms with E-state index in [4.69, 9.17) is 4.74 Å². The zero-order valence-electron chi connectivity index (χ0n) is 17.8. The Hall–Kier alpha value is -3.69. The SMILES string of the molecule is O=C(OCc1ccccc1)[C@@H]1CN1C(c1ccccc1)(c1ccccc1)c1ccccc1. The van der Waals surface area contributed by atoms with Crippen molar-refractivity contribution < 1.29 is 9.53 Å². The number of benzene rings is 4. The zero-order chi connectivity index (χ0) is 21.8. The Morgan fingerprint density at radius 2 is 1.09 bits per heavy atom. The van der Waals surface area contributed by atoms with E-state index in [0.717, 1.165) is 22.3 Å². The minimum absolute atomic E-state index is 0.180. The highest BCUT2D eigenvalue weighted by Gasteiger charge is 2.56. The molecule has 1 fully saturated rings. The van der Waals surface area contributed by atoms with Crippen LogP contribution < -0.4 is 0 Å². The van der Waals surface area contributed by atoms with Gasteiger partial charge in [0.05, 0.1) is 5.54 Å². The molecule has 3 nitrogen and oxygen atoms in total. The number of nitrogens with zero attached hydrogens (tertiary/aromatic N) is 1. The summed E-state index contributed by atoms with van der Waals surface area (Å²) in [5.41, 5.74) is 3.83. The molecule has 1 aliphatic rings. The van der Waals surface area contributed by atoms with Crippen molar-refractivity contribution in [1.29, 1.82) is 0 Å². The molecule has 0 aromatic heterocycles. The predicted octanol–water partition coefficient (Wildman–Crippen LogP) is 5.41. The number of hydrogen-bond donors (Lipinski definition) is 0. The van der Waals surface area contributed by atoms with E-state index in [9.17, 15) is 4.79 Å². The van der Waals surface area contributed by atoms with Crippen LogP contribution in [0.5, 0.6) is 0 Å². The summed E-state index contributed by atoms with van der Waals surface area (Å²) in [7, 11) is 0. The van der Waals surface area contributed by atoms with Gasteiger partial charge in [-0.2, -0.15) is 0 Å². The molecule has 4 aromatic carbocycles. The number of ether oxygens (including phenoxy) is 1. The highest BCUT2D eigenvalue weighted by molar-refractivity contribution is 5.80. The van der Waals surface area contributed by atoms with Gasteiger partial charge in [0.1, 0.15) is 12.6 Å². The van der Waals surface area contributed by atoms with Crippen LogP contribution in [0.1, 0.15) is 22.3 Å². The summed E-state index contributed by atoms with van der Waals surface area (Å²) < 4.78 is 5.70. The summed E-state index contributed by atoms with van der Waals surface area (Å²) in [5.74, 6) is -0.180. The second kappa shape index (κ2) is 8.81. The molecule has 0 saturated carbocycles. The summed E-state index contributed by atoms with van der Waals surface area (Å²) in [5, 5.41) is 0. The molecule has 1 unspecified atom stereocenters. The smallest absolute Gasteiger partial charge is 0.325 e. The van der Waals surface area contributed by atoms with E-state index < -0.39 is 5.54 Å². The zero-order valence-corrected chi connectivity index (χ0v) is 17.8. The second-order valence-electron chi connectivity index (χ2n) is 8.07. The van der Waals surface area contributed by atoms with Crippen molar-refractivity contribution in [2.45, 2.75) is 18.2 Å². The van der Waals surface area contributed by atoms with Crippen LogP contribution >= 0.6 is 0 Å². The maximum absolute atomic E-state index is 13.1. The molecule has 0 amide bonds. The molecule has 1 heterocycles. The molecule has 1 saturated heterocycles. The molecule has 2 atom stereocenters. The number of carbonyl (C=O) groups excluding carboxylic acids is 1. The molecule has 1 aliphatic heterocycles. The van der Waals surface area contributed by atoms with Crippen molar-refractivity contribution in [2.24, 2.45) is 0 Å². The third-order valence-electron chi connectivity index (χ3n) is 6.11. The van der Waals surface area contributed by atoms with Crippen molar-refractivity contribution >= 4 is 5.97 Å². The van der Waals surface area contributed by atoms with E-state index in [-0.39, 0.29) is 12.0 Å². The van der Waals surface area contributed by atoms with Gasteiger partial charge in [-0.15, -0.1) is 0 Å². The van der Waals surface area contributed by atoms with E-state index in [1.54, 1.807) is 0 Å². The molecule has 0 radical (unpaired) electrons. The first-order valence-corrected chi connectivity index (χ1v) is 10.9. The number of carbonyl (C=O) groups is 1. The van der Waals surface area contributed by atoms with Crippen LogP contribution in [0.2, 0.25) is 0 Å². The van der Waals surface area contributed by atoms with Gasteiger partial charge in [-0.1, -0.05) is 121 Å². The lowest BCUT2D eigenvalue weighted by Crippen LogP contribution is -2.40. The van der Waals surface area contributed by atoms with Crippen LogP contribution in [0.4, 0.5) is 0 Å². The minimum atomic E-state index is -0.569. The van der Waals surface area contributed by atoms with E-state index >= 15 is 0 Å².